The maximum Gasteiger partial charge on any atom is 0.0543 e. The molecule has 1 fully saturated rings. The molecule has 1 aromatic heterocycles. The Labute approximate surface area is 109 Å². The average molecular weight is 251 g/mol. The van der Waals surface area contributed by atoms with Gasteiger partial charge in [0.2, 0.25) is 0 Å². The third-order valence-electron chi connectivity index (χ3n) is 3.52. The Morgan fingerprint density at radius 3 is 2.72 bits per heavy atom. The lowest BCUT2D eigenvalue weighted by atomic mass is 10.1. The Kier molecular flexibility index (Phi) is 4.07. The van der Waals surface area contributed by atoms with E-state index < -0.39 is 0 Å². The first-order valence-electron chi connectivity index (χ1n) is 6.89. The van der Waals surface area contributed by atoms with Crippen molar-refractivity contribution in [2.45, 2.75) is 58.2 Å². The van der Waals surface area contributed by atoms with E-state index in [0.29, 0.717) is 6.04 Å². The number of aliphatic hydroxyl groups excluding tert-OH is 1. The smallest absolute Gasteiger partial charge is 0.0543 e. The van der Waals surface area contributed by atoms with Crippen LogP contribution in [0.2, 0.25) is 0 Å². The van der Waals surface area contributed by atoms with Crippen molar-refractivity contribution in [1.82, 2.24) is 15.1 Å². The van der Waals surface area contributed by atoms with Crippen LogP contribution in [0.3, 0.4) is 0 Å². The molecule has 0 bridgehead atoms. The highest BCUT2D eigenvalue weighted by atomic mass is 16.3. The quantitative estimate of drug-likeness (QED) is 0.811. The van der Waals surface area contributed by atoms with Gasteiger partial charge in [-0.15, -0.1) is 0 Å². The van der Waals surface area contributed by atoms with Crippen LogP contribution in [0.5, 0.6) is 0 Å². The lowest BCUT2D eigenvalue weighted by Gasteiger charge is -2.19. The molecule has 1 saturated carbocycles. The van der Waals surface area contributed by atoms with E-state index in [1.165, 1.54) is 18.4 Å². The Morgan fingerprint density at radius 1 is 1.50 bits per heavy atom. The fourth-order valence-electron chi connectivity index (χ4n) is 2.21. The molecule has 1 aliphatic rings. The second-order valence-electron chi connectivity index (χ2n) is 6.30. The van der Waals surface area contributed by atoms with Gasteiger partial charge in [0.1, 0.15) is 0 Å². The highest BCUT2D eigenvalue weighted by Crippen LogP contribution is 2.34. The van der Waals surface area contributed by atoms with Gasteiger partial charge >= 0.3 is 0 Å². The molecule has 18 heavy (non-hydrogen) atoms. The van der Waals surface area contributed by atoms with Crippen LogP contribution in [0.15, 0.2) is 12.4 Å². The zero-order valence-corrected chi connectivity index (χ0v) is 11.7. The van der Waals surface area contributed by atoms with Crippen LogP contribution >= 0.6 is 0 Å². The van der Waals surface area contributed by atoms with Gasteiger partial charge in [0.05, 0.1) is 11.7 Å². The van der Waals surface area contributed by atoms with Crippen LogP contribution in [0.4, 0.5) is 0 Å². The van der Waals surface area contributed by atoms with Crippen LogP contribution in [-0.2, 0) is 12.1 Å². The van der Waals surface area contributed by atoms with Crippen molar-refractivity contribution >= 4 is 0 Å². The number of aromatic nitrogens is 2. The fraction of sp³-hybridized carbons (Fsp3) is 0.786. The summed E-state index contributed by atoms with van der Waals surface area (Å²) in [4.78, 5) is 0. The van der Waals surface area contributed by atoms with E-state index in [0.717, 1.165) is 18.9 Å². The Balaban J connectivity index is 1.87. The largest absolute Gasteiger partial charge is 0.396 e. The Morgan fingerprint density at radius 2 is 2.22 bits per heavy atom. The first kappa shape index (κ1) is 13.6. The van der Waals surface area contributed by atoms with Gasteiger partial charge in [-0.2, -0.15) is 5.10 Å². The molecule has 1 atom stereocenters. The van der Waals surface area contributed by atoms with E-state index >= 15 is 0 Å². The zero-order chi connectivity index (χ0) is 13.2. The molecule has 0 radical (unpaired) electrons. The van der Waals surface area contributed by atoms with Gasteiger partial charge in [-0.05, 0) is 46.0 Å². The second kappa shape index (κ2) is 5.41. The maximum atomic E-state index is 9.06. The van der Waals surface area contributed by atoms with Crippen molar-refractivity contribution in [3.05, 3.63) is 18.0 Å². The maximum absolute atomic E-state index is 9.06. The lowest BCUT2D eigenvalue weighted by molar-refractivity contribution is 0.255. The molecular formula is C14H25N3O. The molecule has 0 aromatic carbocycles. The van der Waals surface area contributed by atoms with Crippen molar-refractivity contribution in [3.63, 3.8) is 0 Å². The van der Waals surface area contributed by atoms with Crippen LogP contribution in [-0.4, -0.2) is 27.5 Å². The molecule has 2 rings (SSSR count). The van der Waals surface area contributed by atoms with Gasteiger partial charge in [0, 0.05) is 31.0 Å². The second-order valence-corrected chi connectivity index (χ2v) is 6.30. The zero-order valence-electron chi connectivity index (χ0n) is 11.7. The van der Waals surface area contributed by atoms with E-state index in [1.807, 2.05) is 10.9 Å². The molecule has 1 aliphatic carbocycles. The molecule has 4 nitrogen and oxygen atoms in total. The van der Waals surface area contributed by atoms with Crippen molar-refractivity contribution < 1.29 is 5.11 Å². The number of nitrogens with one attached hydrogen (secondary N) is 1. The van der Waals surface area contributed by atoms with Gasteiger partial charge in [0.25, 0.3) is 0 Å². The summed E-state index contributed by atoms with van der Waals surface area (Å²) in [5.74, 6) is 0.773. The minimum atomic E-state index is 0.0409. The van der Waals surface area contributed by atoms with Crippen molar-refractivity contribution in [2.75, 3.05) is 6.61 Å². The summed E-state index contributed by atoms with van der Waals surface area (Å²) in [6, 6.07) is 0.466. The molecular weight excluding hydrogens is 226 g/mol. The first-order valence-corrected chi connectivity index (χ1v) is 6.89. The molecule has 2 N–H and O–H groups in total. The number of hydrogen-bond donors (Lipinski definition) is 2. The van der Waals surface area contributed by atoms with Crippen molar-refractivity contribution in [1.29, 1.82) is 0 Å². The monoisotopic (exact) mass is 251 g/mol. The molecule has 0 amide bonds. The lowest BCUT2D eigenvalue weighted by Crippen LogP contribution is -2.31. The Hall–Kier alpha value is -0.870. The minimum Gasteiger partial charge on any atom is -0.396 e. The van der Waals surface area contributed by atoms with E-state index in [2.05, 4.69) is 37.4 Å². The SMILES string of the molecule is CC(C)(C)n1cc(CNC(CCO)C2CC2)cn1. The minimum absolute atomic E-state index is 0.0409. The number of rotatable bonds is 6. The van der Waals surface area contributed by atoms with Gasteiger partial charge in [0.15, 0.2) is 0 Å². The van der Waals surface area contributed by atoms with E-state index in [9.17, 15) is 0 Å². The molecule has 0 spiro atoms. The summed E-state index contributed by atoms with van der Waals surface area (Å²) in [5.41, 5.74) is 1.26. The number of nitrogens with zero attached hydrogens (tertiary/aromatic N) is 2. The molecule has 1 aromatic rings. The van der Waals surface area contributed by atoms with E-state index in [1.54, 1.807) is 0 Å². The average Bonchev–Trinajstić information content (AvgIpc) is 3.01. The van der Waals surface area contributed by atoms with Crippen molar-refractivity contribution in [3.8, 4) is 0 Å². The predicted octanol–water partition coefficient (Wildman–Crippen LogP) is 1.89. The summed E-state index contributed by atoms with van der Waals surface area (Å²) in [5, 5.41) is 17.0. The summed E-state index contributed by atoms with van der Waals surface area (Å²) in [7, 11) is 0. The highest BCUT2D eigenvalue weighted by molar-refractivity contribution is 5.05. The molecule has 4 heteroatoms. The predicted molar refractivity (Wildman–Crippen MR) is 72.3 cm³/mol. The third kappa shape index (κ3) is 3.56. The highest BCUT2D eigenvalue weighted by Gasteiger charge is 2.30. The number of aliphatic hydroxyl groups is 1. The molecule has 0 aliphatic heterocycles. The molecule has 1 heterocycles. The van der Waals surface area contributed by atoms with Gasteiger partial charge in [-0.3, -0.25) is 4.68 Å². The summed E-state index contributed by atoms with van der Waals surface area (Å²) in [6.07, 6.45) is 7.51. The van der Waals surface area contributed by atoms with Gasteiger partial charge in [-0.25, -0.2) is 0 Å². The van der Waals surface area contributed by atoms with E-state index in [-0.39, 0.29) is 12.1 Å². The fourth-order valence-corrected chi connectivity index (χ4v) is 2.21. The molecule has 1 unspecified atom stereocenters. The van der Waals surface area contributed by atoms with Gasteiger partial charge in [-0.1, -0.05) is 0 Å². The van der Waals surface area contributed by atoms with Crippen LogP contribution in [0, 0.1) is 5.92 Å². The Bertz CT molecular complexity index is 377. The third-order valence-corrected chi connectivity index (χ3v) is 3.52. The standard InChI is InChI=1S/C14H25N3O/c1-14(2,3)17-10-11(9-16-17)8-15-13(6-7-18)12-4-5-12/h9-10,12-13,15,18H,4-8H2,1-3H3. The summed E-state index contributed by atoms with van der Waals surface area (Å²) < 4.78 is 2.00. The first-order chi connectivity index (χ1) is 8.50. The van der Waals surface area contributed by atoms with Crippen molar-refractivity contribution in [2.24, 2.45) is 5.92 Å². The molecule has 102 valence electrons. The normalized spacial score (nSPS) is 18.0. The van der Waals surface area contributed by atoms with Crippen LogP contribution in [0.25, 0.3) is 0 Å². The van der Waals surface area contributed by atoms with Crippen LogP contribution in [0.1, 0.15) is 45.6 Å². The summed E-state index contributed by atoms with van der Waals surface area (Å²) in [6.45, 7) is 7.56. The summed E-state index contributed by atoms with van der Waals surface area (Å²) >= 11 is 0. The van der Waals surface area contributed by atoms with Gasteiger partial charge < -0.3 is 10.4 Å². The number of hydrogen-bond acceptors (Lipinski definition) is 3. The van der Waals surface area contributed by atoms with Crippen LogP contribution < -0.4 is 5.32 Å². The topological polar surface area (TPSA) is 50.1 Å². The molecule has 0 saturated heterocycles. The van der Waals surface area contributed by atoms with E-state index in [4.69, 9.17) is 5.11 Å².